The molecule has 0 aliphatic rings. The second-order valence-electron chi connectivity index (χ2n) is 2.68. The van der Waals surface area contributed by atoms with Gasteiger partial charge in [0.15, 0.2) is 6.61 Å². The van der Waals surface area contributed by atoms with Gasteiger partial charge in [-0.25, -0.2) is 4.98 Å². The summed E-state index contributed by atoms with van der Waals surface area (Å²) in [6, 6.07) is 1.25. The van der Waals surface area contributed by atoms with Crippen molar-refractivity contribution in [3.63, 3.8) is 0 Å². The van der Waals surface area contributed by atoms with E-state index in [9.17, 15) is 13.2 Å². The van der Waals surface area contributed by atoms with E-state index in [0.29, 0.717) is 5.56 Å². The van der Waals surface area contributed by atoms with Crippen molar-refractivity contribution >= 4 is 11.6 Å². The maximum Gasteiger partial charge on any atom is 0.422 e. The molecule has 0 aliphatic heterocycles. The number of pyridine rings is 1. The van der Waals surface area contributed by atoms with Crippen LogP contribution in [0.2, 0.25) is 5.15 Å². The molecular formula is C8H7ClF3NO. The summed E-state index contributed by atoms with van der Waals surface area (Å²) in [5, 5.41) is 0.104. The van der Waals surface area contributed by atoms with Crippen LogP contribution in [0, 0.1) is 6.92 Å². The van der Waals surface area contributed by atoms with Gasteiger partial charge >= 0.3 is 6.18 Å². The lowest BCUT2D eigenvalue weighted by molar-refractivity contribution is -0.153. The topological polar surface area (TPSA) is 22.1 Å². The molecule has 1 aromatic rings. The van der Waals surface area contributed by atoms with Gasteiger partial charge in [0, 0.05) is 17.8 Å². The molecule has 0 radical (unpaired) electrons. The minimum absolute atomic E-state index is 0.0994. The molecule has 0 saturated carbocycles. The zero-order valence-electron chi connectivity index (χ0n) is 7.23. The van der Waals surface area contributed by atoms with Crippen LogP contribution in [-0.2, 0) is 0 Å². The normalized spacial score (nSPS) is 11.5. The zero-order valence-corrected chi connectivity index (χ0v) is 7.99. The minimum Gasteiger partial charge on any atom is -0.484 e. The van der Waals surface area contributed by atoms with Crippen molar-refractivity contribution in [3.8, 4) is 5.75 Å². The van der Waals surface area contributed by atoms with E-state index in [1.54, 1.807) is 6.92 Å². The molecule has 0 aromatic carbocycles. The summed E-state index contributed by atoms with van der Waals surface area (Å²) in [6.45, 7) is 0.267. The lowest BCUT2D eigenvalue weighted by Gasteiger charge is -2.10. The SMILES string of the molecule is Cc1cnc(Cl)cc1OCC(F)(F)F. The molecule has 1 heterocycles. The number of rotatable bonds is 2. The smallest absolute Gasteiger partial charge is 0.422 e. The van der Waals surface area contributed by atoms with Gasteiger partial charge in [-0.15, -0.1) is 0 Å². The second-order valence-corrected chi connectivity index (χ2v) is 3.06. The van der Waals surface area contributed by atoms with Crippen molar-refractivity contribution in [2.45, 2.75) is 13.1 Å². The minimum atomic E-state index is -4.35. The van der Waals surface area contributed by atoms with Crippen LogP contribution < -0.4 is 4.74 Å². The highest BCUT2D eigenvalue weighted by Crippen LogP contribution is 2.23. The molecule has 0 N–H and O–H groups in total. The highest BCUT2D eigenvalue weighted by atomic mass is 35.5. The number of hydrogen-bond acceptors (Lipinski definition) is 2. The number of halogens is 4. The number of hydrogen-bond donors (Lipinski definition) is 0. The highest BCUT2D eigenvalue weighted by Gasteiger charge is 2.28. The largest absolute Gasteiger partial charge is 0.484 e. The van der Waals surface area contributed by atoms with Crippen molar-refractivity contribution in [3.05, 3.63) is 23.0 Å². The Morgan fingerprint density at radius 1 is 1.50 bits per heavy atom. The quantitative estimate of drug-likeness (QED) is 0.722. The van der Waals surface area contributed by atoms with Gasteiger partial charge < -0.3 is 4.74 Å². The molecule has 2 nitrogen and oxygen atoms in total. The Hall–Kier alpha value is -0.970. The maximum absolute atomic E-state index is 11.8. The molecule has 0 fully saturated rings. The fourth-order valence-corrected chi connectivity index (χ4v) is 0.944. The van der Waals surface area contributed by atoms with E-state index in [4.69, 9.17) is 11.6 Å². The molecule has 0 aliphatic carbocycles. The van der Waals surface area contributed by atoms with Gasteiger partial charge in [0.1, 0.15) is 10.9 Å². The number of alkyl halides is 3. The third kappa shape index (κ3) is 3.41. The van der Waals surface area contributed by atoms with Crippen LogP contribution in [0.5, 0.6) is 5.75 Å². The highest BCUT2D eigenvalue weighted by molar-refractivity contribution is 6.29. The van der Waals surface area contributed by atoms with E-state index in [2.05, 4.69) is 9.72 Å². The molecule has 0 atom stereocenters. The van der Waals surface area contributed by atoms with E-state index < -0.39 is 12.8 Å². The van der Waals surface area contributed by atoms with Gasteiger partial charge in [0.25, 0.3) is 0 Å². The van der Waals surface area contributed by atoms with E-state index in [1.807, 2.05) is 0 Å². The molecule has 78 valence electrons. The Morgan fingerprint density at radius 3 is 2.71 bits per heavy atom. The number of nitrogens with zero attached hydrogens (tertiary/aromatic N) is 1. The predicted molar refractivity (Wildman–Crippen MR) is 45.5 cm³/mol. The first kappa shape index (κ1) is 11.1. The summed E-state index contributed by atoms with van der Waals surface area (Å²) in [4.78, 5) is 3.69. The van der Waals surface area contributed by atoms with Gasteiger partial charge in [-0.2, -0.15) is 13.2 Å². The van der Waals surface area contributed by atoms with Crippen LogP contribution in [0.4, 0.5) is 13.2 Å². The van der Waals surface area contributed by atoms with Gasteiger partial charge in [-0.05, 0) is 6.92 Å². The Kier molecular flexibility index (Phi) is 3.21. The van der Waals surface area contributed by atoms with Gasteiger partial charge in [-0.3, -0.25) is 0 Å². The first-order chi connectivity index (χ1) is 6.38. The van der Waals surface area contributed by atoms with E-state index >= 15 is 0 Å². The Balaban J connectivity index is 2.72. The lowest BCUT2D eigenvalue weighted by atomic mass is 10.3. The van der Waals surface area contributed by atoms with Crippen molar-refractivity contribution in [1.82, 2.24) is 4.98 Å². The number of ether oxygens (including phenoxy) is 1. The van der Waals surface area contributed by atoms with Gasteiger partial charge in [0.2, 0.25) is 0 Å². The number of aryl methyl sites for hydroxylation is 1. The van der Waals surface area contributed by atoms with E-state index in [1.165, 1.54) is 12.3 Å². The molecule has 0 unspecified atom stereocenters. The van der Waals surface area contributed by atoms with Crippen LogP contribution in [0.3, 0.4) is 0 Å². The molecule has 0 spiro atoms. The summed E-state index contributed by atoms with van der Waals surface area (Å²) in [6.07, 6.45) is -2.99. The molecule has 1 rings (SSSR count). The average molecular weight is 226 g/mol. The van der Waals surface area contributed by atoms with Crippen molar-refractivity contribution in [2.75, 3.05) is 6.61 Å². The Bertz CT molecular complexity index is 327. The monoisotopic (exact) mass is 225 g/mol. The van der Waals surface area contributed by atoms with Crippen LogP contribution in [0.1, 0.15) is 5.56 Å². The fourth-order valence-electron chi connectivity index (χ4n) is 0.796. The van der Waals surface area contributed by atoms with Crippen LogP contribution in [-0.4, -0.2) is 17.8 Å². The lowest BCUT2D eigenvalue weighted by Crippen LogP contribution is -2.19. The molecule has 0 amide bonds. The van der Waals surface area contributed by atoms with Crippen molar-refractivity contribution in [2.24, 2.45) is 0 Å². The van der Waals surface area contributed by atoms with Crippen LogP contribution >= 0.6 is 11.6 Å². The standard InChI is InChI=1S/C8H7ClF3NO/c1-5-3-13-7(9)2-6(5)14-4-8(10,11)12/h2-3H,4H2,1H3. The Labute approximate surface area is 83.7 Å². The van der Waals surface area contributed by atoms with E-state index in [0.717, 1.165) is 0 Å². The van der Waals surface area contributed by atoms with Crippen LogP contribution in [0.25, 0.3) is 0 Å². The van der Waals surface area contributed by atoms with Crippen LogP contribution in [0.15, 0.2) is 12.3 Å². The van der Waals surface area contributed by atoms with E-state index in [-0.39, 0.29) is 10.9 Å². The molecular weight excluding hydrogens is 219 g/mol. The summed E-state index contributed by atoms with van der Waals surface area (Å²) >= 11 is 5.49. The van der Waals surface area contributed by atoms with Crippen molar-refractivity contribution in [1.29, 1.82) is 0 Å². The third-order valence-corrected chi connectivity index (χ3v) is 1.62. The first-order valence-electron chi connectivity index (χ1n) is 3.70. The maximum atomic E-state index is 11.8. The predicted octanol–water partition coefficient (Wildman–Crippen LogP) is 2.98. The zero-order chi connectivity index (χ0) is 10.8. The fraction of sp³-hybridized carbons (Fsp3) is 0.375. The first-order valence-corrected chi connectivity index (χ1v) is 4.08. The number of aromatic nitrogens is 1. The van der Waals surface area contributed by atoms with Crippen molar-refractivity contribution < 1.29 is 17.9 Å². The molecule has 14 heavy (non-hydrogen) atoms. The summed E-state index contributed by atoms with van der Waals surface area (Å²) < 4.78 is 39.9. The Morgan fingerprint density at radius 2 is 2.14 bits per heavy atom. The molecule has 0 bridgehead atoms. The van der Waals surface area contributed by atoms with Gasteiger partial charge in [0.05, 0.1) is 0 Å². The van der Waals surface area contributed by atoms with Gasteiger partial charge in [-0.1, -0.05) is 11.6 Å². The summed E-state index contributed by atoms with van der Waals surface area (Å²) in [7, 11) is 0. The molecule has 0 saturated heterocycles. The average Bonchev–Trinajstić information content (AvgIpc) is 2.05. The molecule has 6 heteroatoms. The third-order valence-electron chi connectivity index (χ3n) is 1.41. The second kappa shape index (κ2) is 4.04. The summed E-state index contributed by atoms with van der Waals surface area (Å²) in [5.41, 5.74) is 0.513. The summed E-state index contributed by atoms with van der Waals surface area (Å²) in [5.74, 6) is 0.0994. The molecule has 1 aromatic heterocycles.